The lowest BCUT2D eigenvalue weighted by atomic mass is 10.1. The molecular formula is C11H17BrN2. The topological polar surface area (TPSA) is 38.9 Å². The van der Waals surface area contributed by atoms with Gasteiger partial charge in [0.1, 0.15) is 5.82 Å². The van der Waals surface area contributed by atoms with E-state index in [9.17, 15) is 0 Å². The molecule has 0 fully saturated rings. The molecule has 0 spiro atoms. The molecule has 1 heterocycles. The van der Waals surface area contributed by atoms with E-state index in [-0.39, 0.29) is 0 Å². The van der Waals surface area contributed by atoms with E-state index in [0.717, 1.165) is 19.3 Å². The highest BCUT2D eigenvalue weighted by Crippen LogP contribution is 2.17. The van der Waals surface area contributed by atoms with Crippen LogP contribution in [0.1, 0.15) is 30.9 Å². The number of rotatable bonds is 4. The number of nitrogen functional groups attached to an aromatic ring is 1. The fourth-order valence-electron chi connectivity index (χ4n) is 1.36. The van der Waals surface area contributed by atoms with E-state index in [1.54, 1.807) is 0 Å². The Hall–Kier alpha value is -0.570. The van der Waals surface area contributed by atoms with Crippen molar-refractivity contribution in [2.24, 2.45) is 0 Å². The molecule has 0 saturated heterocycles. The third kappa shape index (κ3) is 3.29. The summed E-state index contributed by atoms with van der Waals surface area (Å²) in [5, 5.41) is 0. The van der Waals surface area contributed by atoms with Crippen LogP contribution in [0.4, 0.5) is 5.82 Å². The molecule has 1 rings (SSSR count). The van der Waals surface area contributed by atoms with Crippen LogP contribution in [0.5, 0.6) is 0 Å². The van der Waals surface area contributed by atoms with Crippen LogP contribution in [0.2, 0.25) is 0 Å². The van der Waals surface area contributed by atoms with E-state index in [1.165, 1.54) is 11.1 Å². The molecule has 0 bridgehead atoms. The molecule has 0 aliphatic rings. The van der Waals surface area contributed by atoms with Gasteiger partial charge in [0.15, 0.2) is 0 Å². The van der Waals surface area contributed by atoms with Crippen LogP contribution in [0, 0.1) is 6.92 Å². The Bertz CT molecular complexity index is 299. The molecule has 14 heavy (non-hydrogen) atoms. The van der Waals surface area contributed by atoms with Gasteiger partial charge >= 0.3 is 0 Å². The van der Waals surface area contributed by atoms with Gasteiger partial charge in [0.25, 0.3) is 0 Å². The highest BCUT2D eigenvalue weighted by atomic mass is 79.9. The minimum Gasteiger partial charge on any atom is -0.383 e. The second-order valence-electron chi connectivity index (χ2n) is 3.60. The molecule has 78 valence electrons. The quantitative estimate of drug-likeness (QED) is 0.842. The van der Waals surface area contributed by atoms with Crippen LogP contribution in [-0.2, 0) is 6.42 Å². The SMILES string of the molecule is CCC(Br)CCc1cc(C)cnc1N. The van der Waals surface area contributed by atoms with E-state index in [0.29, 0.717) is 10.6 Å². The zero-order valence-electron chi connectivity index (χ0n) is 8.76. The number of anilines is 1. The van der Waals surface area contributed by atoms with Gasteiger partial charge in [0, 0.05) is 11.0 Å². The summed E-state index contributed by atoms with van der Waals surface area (Å²) in [4.78, 5) is 4.73. The summed E-state index contributed by atoms with van der Waals surface area (Å²) in [7, 11) is 0. The molecule has 0 radical (unpaired) electrons. The molecule has 1 unspecified atom stereocenters. The van der Waals surface area contributed by atoms with Crippen molar-refractivity contribution in [1.29, 1.82) is 0 Å². The maximum Gasteiger partial charge on any atom is 0.126 e. The molecule has 2 nitrogen and oxygen atoms in total. The van der Waals surface area contributed by atoms with Gasteiger partial charge in [-0.2, -0.15) is 0 Å². The minimum atomic E-state index is 0.586. The van der Waals surface area contributed by atoms with Crippen molar-refractivity contribution in [2.45, 2.75) is 37.9 Å². The summed E-state index contributed by atoms with van der Waals surface area (Å²) in [6.45, 7) is 4.22. The predicted octanol–water partition coefficient (Wildman–Crippen LogP) is 3.08. The van der Waals surface area contributed by atoms with E-state index < -0.39 is 0 Å². The Morgan fingerprint density at radius 3 is 2.93 bits per heavy atom. The lowest BCUT2D eigenvalue weighted by Gasteiger charge is -2.08. The van der Waals surface area contributed by atoms with Gasteiger partial charge in [-0.1, -0.05) is 28.9 Å². The van der Waals surface area contributed by atoms with Crippen LogP contribution < -0.4 is 5.73 Å². The van der Waals surface area contributed by atoms with Crippen LogP contribution in [-0.4, -0.2) is 9.81 Å². The Morgan fingerprint density at radius 2 is 2.29 bits per heavy atom. The van der Waals surface area contributed by atoms with Crippen LogP contribution in [0.3, 0.4) is 0 Å². The van der Waals surface area contributed by atoms with Gasteiger partial charge in [-0.3, -0.25) is 0 Å². The second kappa shape index (κ2) is 5.35. The van der Waals surface area contributed by atoms with Crippen LogP contribution in [0.15, 0.2) is 12.3 Å². The van der Waals surface area contributed by atoms with E-state index in [2.05, 4.69) is 33.9 Å². The average molecular weight is 257 g/mol. The molecule has 1 aromatic rings. The minimum absolute atomic E-state index is 0.586. The fourth-order valence-corrected chi connectivity index (χ4v) is 1.59. The third-order valence-corrected chi connectivity index (χ3v) is 3.41. The Morgan fingerprint density at radius 1 is 1.57 bits per heavy atom. The Labute approximate surface area is 94.0 Å². The fraction of sp³-hybridized carbons (Fsp3) is 0.545. The van der Waals surface area contributed by atoms with Gasteiger partial charge in [-0.05, 0) is 37.3 Å². The van der Waals surface area contributed by atoms with Gasteiger partial charge in [-0.25, -0.2) is 4.98 Å². The largest absolute Gasteiger partial charge is 0.383 e. The number of hydrogen-bond acceptors (Lipinski definition) is 2. The van der Waals surface area contributed by atoms with Crippen molar-refractivity contribution in [3.05, 3.63) is 23.4 Å². The third-order valence-electron chi connectivity index (χ3n) is 2.31. The summed E-state index contributed by atoms with van der Waals surface area (Å²) >= 11 is 3.62. The maximum atomic E-state index is 5.79. The van der Waals surface area contributed by atoms with Crippen molar-refractivity contribution in [3.63, 3.8) is 0 Å². The molecule has 3 heteroatoms. The molecule has 1 atom stereocenters. The zero-order valence-corrected chi connectivity index (χ0v) is 10.3. The first-order valence-electron chi connectivity index (χ1n) is 4.98. The first-order chi connectivity index (χ1) is 6.63. The summed E-state index contributed by atoms with van der Waals surface area (Å²) in [6.07, 6.45) is 5.08. The highest BCUT2D eigenvalue weighted by Gasteiger charge is 2.05. The maximum absolute atomic E-state index is 5.79. The number of aromatic nitrogens is 1. The van der Waals surface area contributed by atoms with E-state index in [4.69, 9.17) is 5.73 Å². The number of nitrogens with zero attached hydrogens (tertiary/aromatic N) is 1. The number of alkyl halides is 1. The molecule has 0 amide bonds. The highest BCUT2D eigenvalue weighted by molar-refractivity contribution is 9.09. The Kier molecular flexibility index (Phi) is 4.39. The number of aryl methyl sites for hydroxylation is 2. The monoisotopic (exact) mass is 256 g/mol. The summed E-state index contributed by atoms with van der Waals surface area (Å²) < 4.78 is 0. The van der Waals surface area contributed by atoms with Crippen molar-refractivity contribution in [1.82, 2.24) is 4.98 Å². The predicted molar refractivity (Wildman–Crippen MR) is 64.7 cm³/mol. The average Bonchev–Trinajstić information content (AvgIpc) is 2.19. The lowest BCUT2D eigenvalue weighted by Crippen LogP contribution is -2.02. The molecule has 0 aromatic carbocycles. The first-order valence-corrected chi connectivity index (χ1v) is 5.90. The summed E-state index contributed by atoms with van der Waals surface area (Å²) in [5.74, 6) is 0.673. The van der Waals surface area contributed by atoms with Gasteiger partial charge in [-0.15, -0.1) is 0 Å². The molecule has 2 N–H and O–H groups in total. The first kappa shape index (κ1) is 11.5. The Balaban J connectivity index is 2.62. The standard InChI is InChI=1S/C11H17BrN2/c1-3-10(12)5-4-9-6-8(2)7-14-11(9)13/h6-7,10H,3-5H2,1-2H3,(H2,13,14). The normalized spacial score (nSPS) is 12.8. The number of hydrogen-bond donors (Lipinski definition) is 1. The molecule has 0 aliphatic carbocycles. The van der Waals surface area contributed by atoms with Gasteiger partial charge in [0.05, 0.1) is 0 Å². The molecule has 0 aliphatic heterocycles. The lowest BCUT2D eigenvalue weighted by molar-refractivity contribution is 0.745. The summed E-state index contributed by atoms with van der Waals surface area (Å²) in [6, 6.07) is 2.12. The van der Waals surface area contributed by atoms with Crippen LogP contribution >= 0.6 is 15.9 Å². The van der Waals surface area contributed by atoms with Crippen molar-refractivity contribution >= 4 is 21.7 Å². The molecule has 1 aromatic heterocycles. The van der Waals surface area contributed by atoms with Gasteiger partial charge in [0.2, 0.25) is 0 Å². The second-order valence-corrected chi connectivity index (χ2v) is 4.90. The molecule has 0 saturated carbocycles. The number of nitrogens with two attached hydrogens (primary N) is 1. The smallest absolute Gasteiger partial charge is 0.126 e. The van der Waals surface area contributed by atoms with E-state index >= 15 is 0 Å². The number of halogens is 1. The number of pyridine rings is 1. The van der Waals surface area contributed by atoms with Crippen molar-refractivity contribution in [2.75, 3.05) is 5.73 Å². The summed E-state index contributed by atoms with van der Waals surface area (Å²) in [5.41, 5.74) is 8.14. The van der Waals surface area contributed by atoms with Crippen LogP contribution in [0.25, 0.3) is 0 Å². The molecular weight excluding hydrogens is 240 g/mol. The van der Waals surface area contributed by atoms with Crippen molar-refractivity contribution < 1.29 is 0 Å². The van der Waals surface area contributed by atoms with E-state index in [1.807, 2.05) is 13.1 Å². The van der Waals surface area contributed by atoms with Crippen molar-refractivity contribution in [3.8, 4) is 0 Å². The van der Waals surface area contributed by atoms with Gasteiger partial charge < -0.3 is 5.73 Å². The zero-order chi connectivity index (χ0) is 10.6.